The van der Waals surface area contributed by atoms with Crippen molar-refractivity contribution in [2.75, 3.05) is 20.2 Å². The zero-order chi connectivity index (χ0) is 20.2. The zero-order valence-corrected chi connectivity index (χ0v) is 15.7. The van der Waals surface area contributed by atoms with E-state index in [4.69, 9.17) is 9.26 Å². The van der Waals surface area contributed by atoms with Gasteiger partial charge in [-0.2, -0.15) is 4.98 Å². The molecule has 9 heteroatoms. The van der Waals surface area contributed by atoms with E-state index in [1.807, 2.05) is 30.3 Å². The Kier molecular flexibility index (Phi) is 5.19. The molecular weight excluding hydrogens is 374 g/mol. The predicted octanol–water partition coefficient (Wildman–Crippen LogP) is 1.32. The van der Waals surface area contributed by atoms with E-state index in [9.17, 15) is 9.59 Å². The molecule has 2 amide bonds. The van der Waals surface area contributed by atoms with E-state index in [0.29, 0.717) is 30.4 Å². The van der Waals surface area contributed by atoms with Gasteiger partial charge in [-0.05, 0) is 6.07 Å². The maximum Gasteiger partial charge on any atom is 0.256 e. The molecule has 1 unspecified atom stereocenters. The monoisotopic (exact) mass is 393 g/mol. The molecule has 1 aromatic carbocycles. The Balaban J connectivity index is 1.54. The predicted molar refractivity (Wildman–Crippen MR) is 102 cm³/mol. The van der Waals surface area contributed by atoms with Gasteiger partial charge in [-0.3, -0.25) is 9.59 Å². The number of methoxy groups -OCH3 is 1. The van der Waals surface area contributed by atoms with Gasteiger partial charge in [-0.15, -0.1) is 0 Å². The third kappa shape index (κ3) is 3.93. The normalized spacial score (nSPS) is 16.4. The molecule has 1 aliphatic rings. The van der Waals surface area contributed by atoms with Crippen LogP contribution in [-0.4, -0.2) is 58.1 Å². The van der Waals surface area contributed by atoms with Gasteiger partial charge < -0.3 is 19.5 Å². The second kappa shape index (κ2) is 8.09. The summed E-state index contributed by atoms with van der Waals surface area (Å²) < 4.78 is 10.3. The molecule has 2 aromatic heterocycles. The first-order valence-corrected chi connectivity index (χ1v) is 9.12. The first kappa shape index (κ1) is 18.6. The Morgan fingerprint density at radius 2 is 2.10 bits per heavy atom. The molecule has 9 nitrogen and oxygen atoms in total. The number of piperazine rings is 1. The number of rotatable bonds is 5. The van der Waals surface area contributed by atoms with Crippen LogP contribution in [0.2, 0.25) is 0 Å². The van der Waals surface area contributed by atoms with Gasteiger partial charge in [-0.1, -0.05) is 35.5 Å². The van der Waals surface area contributed by atoms with E-state index in [-0.39, 0.29) is 24.1 Å². The summed E-state index contributed by atoms with van der Waals surface area (Å²) >= 11 is 0. The van der Waals surface area contributed by atoms with Crippen LogP contribution in [-0.2, 0) is 11.2 Å². The lowest BCUT2D eigenvalue weighted by Gasteiger charge is -2.34. The highest BCUT2D eigenvalue weighted by molar-refractivity contribution is 5.98. The minimum absolute atomic E-state index is 0.126. The number of nitrogens with one attached hydrogen (secondary N) is 1. The van der Waals surface area contributed by atoms with Crippen molar-refractivity contribution >= 4 is 11.8 Å². The lowest BCUT2D eigenvalue weighted by atomic mass is 10.1. The molecule has 3 aromatic rings. The van der Waals surface area contributed by atoms with E-state index in [1.165, 1.54) is 18.2 Å². The highest BCUT2D eigenvalue weighted by Gasteiger charge is 2.35. The van der Waals surface area contributed by atoms with Crippen LogP contribution < -0.4 is 10.1 Å². The summed E-state index contributed by atoms with van der Waals surface area (Å²) in [6.45, 7) is 0.755. The third-order valence-corrected chi connectivity index (χ3v) is 4.65. The Hall–Kier alpha value is -3.75. The molecule has 4 rings (SSSR count). The van der Waals surface area contributed by atoms with Crippen molar-refractivity contribution in [1.29, 1.82) is 0 Å². The van der Waals surface area contributed by atoms with Gasteiger partial charge in [0.25, 0.3) is 5.91 Å². The van der Waals surface area contributed by atoms with Crippen molar-refractivity contribution in [2.45, 2.75) is 12.5 Å². The maximum atomic E-state index is 13.0. The molecule has 0 saturated carbocycles. The van der Waals surface area contributed by atoms with Crippen molar-refractivity contribution in [3.05, 3.63) is 60.1 Å². The Morgan fingerprint density at radius 1 is 1.28 bits per heavy atom. The fourth-order valence-electron chi connectivity index (χ4n) is 3.16. The largest absolute Gasteiger partial charge is 0.481 e. The summed E-state index contributed by atoms with van der Waals surface area (Å²) in [6.07, 6.45) is 1.56. The van der Waals surface area contributed by atoms with Crippen LogP contribution in [0.1, 0.15) is 16.2 Å². The summed E-state index contributed by atoms with van der Waals surface area (Å²) in [5, 5.41) is 6.77. The van der Waals surface area contributed by atoms with E-state index in [0.717, 1.165) is 5.56 Å². The second-order valence-electron chi connectivity index (χ2n) is 6.48. The van der Waals surface area contributed by atoms with Crippen LogP contribution in [0, 0.1) is 0 Å². The molecule has 1 saturated heterocycles. The molecule has 29 heavy (non-hydrogen) atoms. The van der Waals surface area contributed by atoms with Crippen molar-refractivity contribution < 1.29 is 18.8 Å². The molecular formula is C20H19N5O4. The Labute approximate surface area is 166 Å². The highest BCUT2D eigenvalue weighted by atomic mass is 16.5. The summed E-state index contributed by atoms with van der Waals surface area (Å²) in [6, 6.07) is 11.9. The quantitative estimate of drug-likeness (QED) is 0.696. The van der Waals surface area contributed by atoms with E-state index < -0.39 is 6.04 Å². The second-order valence-corrected chi connectivity index (χ2v) is 6.48. The number of aromatic nitrogens is 3. The van der Waals surface area contributed by atoms with Crippen LogP contribution in [0.4, 0.5) is 0 Å². The fourth-order valence-corrected chi connectivity index (χ4v) is 3.16. The molecule has 0 aliphatic carbocycles. The summed E-state index contributed by atoms with van der Waals surface area (Å²) in [7, 11) is 1.50. The number of hydrogen-bond acceptors (Lipinski definition) is 7. The van der Waals surface area contributed by atoms with Crippen molar-refractivity contribution in [1.82, 2.24) is 25.3 Å². The van der Waals surface area contributed by atoms with Crippen LogP contribution in [0.15, 0.2) is 53.2 Å². The number of benzene rings is 1. The average Bonchev–Trinajstić information content (AvgIpc) is 3.24. The topological polar surface area (TPSA) is 110 Å². The minimum Gasteiger partial charge on any atom is -0.481 e. The number of pyridine rings is 1. The molecule has 1 atom stereocenters. The van der Waals surface area contributed by atoms with Crippen molar-refractivity contribution in [2.24, 2.45) is 0 Å². The molecule has 0 radical (unpaired) electrons. The molecule has 3 heterocycles. The molecule has 1 fully saturated rings. The first-order chi connectivity index (χ1) is 14.2. The number of ether oxygens (including phenoxy) is 1. The number of amides is 2. The number of carbonyl (C=O) groups excluding carboxylic acids is 2. The maximum absolute atomic E-state index is 13.0. The lowest BCUT2D eigenvalue weighted by molar-refractivity contribution is -0.127. The number of carbonyl (C=O) groups is 2. The number of hydrogen-bond donors (Lipinski definition) is 1. The third-order valence-electron chi connectivity index (χ3n) is 4.65. The van der Waals surface area contributed by atoms with Crippen LogP contribution in [0.5, 0.6) is 5.88 Å². The standard InChI is InChI=1S/C20H19N5O4/c1-28-16-8-7-14(12-22-16)20(27)25-10-9-21-19(26)15(25)11-17-23-18(24-29-17)13-5-3-2-4-6-13/h2-8,12,15H,9-11H2,1H3,(H,21,26). The summed E-state index contributed by atoms with van der Waals surface area (Å²) in [5.74, 6) is 0.590. The molecule has 0 spiro atoms. The molecule has 1 N–H and O–H groups in total. The van der Waals surface area contributed by atoms with Crippen molar-refractivity contribution in [3.63, 3.8) is 0 Å². The lowest BCUT2D eigenvalue weighted by Crippen LogP contribution is -2.58. The van der Waals surface area contributed by atoms with Crippen LogP contribution >= 0.6 is 0 Å². The van der Waals surface area contributed by atoms with Gasteiger partial charge in [-0.25, -0.2) is 4.98 Å². The molecule has 1 aliphatic heterocycles. The van der Waals surface area contributed by atoms with Gasteiger partial charge in [0.05, 0.1) is 19.1 Å². The van der Waals surface area contributed by atoms with E-state index >= 15 is 0 Å². The van der Waals surface area contributed by atoms with Gasteiger partial charge in [0.2, 0.25) is 23.5 Å². The highest BCUT2D eigenvalue weighted by Crippen LogP contribution is 2.19. The molecule has 148 valence electrons. The fraction of sp³-hybridized carbons (Fsp3) is 0.250. The van der Waals surface area contributed by atoms with Gasteiger partial charge >= 0.3 is 0 Å². The summed E-state index contributed by atoms with van der Waals surface area (Å²) in [5.41, 5.74) is 1.19. The SMILES string of the molecule is COc1ccc(C(=O)N2CCNC(=O)C2Cc2nc(-c3ccccc3)no2)cn1. The van der Waals surface area contributed by atoms with Crippen molar-refractivity contribution in [3.8, 4) is 17.3 Å². The van der Waals surface area contributed by atoms with Gasteiger partial charge in [0.15, 0.2) is 0 Å². The first-order valence-electron chi connectivity index (χ1n) is 9.12. The van der Waals surface area contributed by atoms with E-state index in [2.05, 4.69) is 20.4 Å². The Bertz CT molecular complexity index is 1000. The smallest absolute Gasteiger partial charge is 0.256 e. The number of nitrogens with zero attached hydrogens (tertiary/aromatic N) is 4. The van der Waals surface area contributed by atoms with Crippen LogP contribution in [0.25, 0.3) is 11.4 Å². The van der Waals surface area contributed by atoms with Gasteiger partial charge in [0.1, 0.15) is 6.04 Å². The Morgan fingerprint density at radius 3 is 2.83 bits per heavy atom. The van der Waals surface area contributed by atoms with E-state index in [1.54, 1.807) is 12.1 Å². The summed E-state index contributed by atoms with van der Waals surface area (Å²) in [4.78, 5) is 35.4. The minimum atomic E-state index is -0.748. The molecule has 0 bridgehead atoms. The zero-order valence-electron chi connectivity index (χ0n) is 15.7. The average molecular weight is 393 g/mol. The van der Waals surface area contributed by atoms with Gasteiger partial charge in [0, 0.05) is 30.9 Å². The van der Waals surface area contributed by atoms with Crippen LogP contribution in [0.3, 0.4) is 0 Å².